The molecule has 0 saturated heterocycles. The second-order valence-electron chi connectivity index (χ2n) is 6.94. The van der Waals surface area contributed by atoms with Crippen molar-refractivity contribution >= 4 is 24.1 Å². The fraction of sp³-hybridized carbons (Fsp3) is 0.308. The van der Waals surface area contributed by atoms with E-state index in [0.717, 1.165) is 24.0 Å². The number of ether oxygens (including phenoxy) is 6. The van der Waals surface area contributed by atoms with Gasteiger partial charge in [0, 0.05) is 12.2 Å². The zero-order valence-electron chi connectivity index (χ0n) is 19.9. The second kappa shape index (κ2) is 14.3. The summed E-state index contributed by atoms with van der Waals surface area (Å²) in [6.45, 7) is 0.983. The fourth-order valence-corrected chi connectivity index (χ4v) is 2.85. The van der Waals surface area contributed by atoms with Gasteiger partial charge in [0.25, 0.3) is 0 Å². The molecule has 2 rings (SSSR count). The SMILES string of the molecule is COC(=O)/C=C/c1ccc(OCCCCOc2ccc(/C=C/C(=O)OC)cc2OC)c(OC)c1. The molecular weight excluding hydrogens is 440 g/mol. The fourth-order valence-electron chi connectivity index (χ4n) is 2.85. The van der Waals surface area contributed by atoms with Crippen LogP contribution in [-0.2, 0) is 19.1 Å². The molecule has 0 saturated carbocycles. The van der Waals surface area contributed by atoms with Crippen molar-refractivity contribution in [2.75, 3.05) is 41.7 Å². The largest absolute Gasteiger partial charge is 0.493 e. The number of benzene rings is 2. The smallest absolute Gasteiger partial charge is 0.330 e. The van der Waals surface area contributed by atoms with Gasteiger partial charge in [-0.3, -0.25) is 0 Å². The van der Waals surface area contributed by atoms with Crippen molar-refractivity contribution in [2.45, 2.75) is 12.8 Å². The average Bonchev–Trinajstić information content (AvgIpc) is 2.88. The van der Waals surface area contributed by atoms with Crippen molar-refractivity contribution in [1.82, 2.24) is 0 Å². The van der Waals surface area contributed by atoms with Gasteiger partial charge in [0.15, 0.2) is 23.0 Å². The highest BCUT2D eigenvalue weighted by Crippen LogP contribution is 2.30. The molecular formula is C26H30O8. The first-order valence-corrected chi connectivity index (χ1v) is 10.6. The van der Waals surface area contributed by atoms with Crippen LogP contribution in [-0.4, -0.2) is 53.6 Å². The van der Waals surface area contributed by atoms with Crippen LogP contribution in [0.15, 0.2) is 48.6 Å². The summed E-state index contributed by atoms with van der Waals surface area (Å²) in [6, 6.07) is 10.8. The quantitative estimate of drug-likeness (QED) is 0.243. The molecule has 182 valence electrons. The van der Waals surface area contributed by atoms with Crippen LogP contribution in [0.25, 0.3) is 12.2 Å². The molecule has 0 spiro atoms. The minimum absolute atomic E-state index is 0.425. The first kappa shape index (κ1) is 26.3. The van der Waals surface area contributed by atoms with Gasteiger partial charge in [0.2, 0.25) is 0 Å². The van der Waals surface area contributed by atoms with Gasteiger partial charge in [0.1, 0.15) is 0 Å². The Kier molecular flexibility index (Phi) is 11.0. The molecule has 0 fully saturated rings. The summed E-state index contributed by atoms with van der Waals surface area (Å²) in [7, 11) is 5.78. The lowest BCUT2D eigenvalue weighted by Gasteiger charge is -2.13. The number of rotatable bonds is 13. The van der Waals surface area contributed by atoms with Gasteiger partial charge in [-0.25, -0.2) is 9.59 Å². The third-order valence-corrected chi connectivity index (χ3v) is 4.66. The van der Waals surface area contributed by atoms with Crippen molar-refractivity contribution in [3.05, 3.63) is 59.7 Å². The number of methoxy groups -OCH3 is 4. The molecule has 0 N–H and O–H groups in total. The van der Waals surface area contributed by atoms with Crippen molar-refractivity contribution in [3.63, 3.8) is 0 Å². The average molecular weight is 471 g/mol. The van der Waals surface area contributed by atoms with Crippen molar-refractivity contribution in [1.29, 1.82) is 0 Å². The Bertz CT molecular complexity index is 928. The molecule has 0 aliphatic carbocycles. The van der Waals surface area contributed by atoms with Crippen LogP contribution >= 0.6 is 0 Å². The maximum absolute atomic E-state index is 11.2. The predicted octanol–water partition coefficient (Wildman–Crippen LogP) is 4.31. The van der Waals surface area contributed by atoms with Crippen LogP contribution in [0.1, 0.15) is 24.0 Å². The first-order chi connectivity index (χ1) is 16.5. The number of hydrogen-bond acceptors (Lipinski definition) is 8. The maximum atomic E-state index is 11.2. The van der Waals surface area contributed by atoms with Gasteiger partial charge in [0.05, 0.1) is 41.7 Å². The van der Waals surface area contributed by atoms with Crippen LogP contribution in [0.3, 0.4) is 0 Å². The third kappa shape index (κ3) is 8.54. The lowest BCUT2D eigenvalue weighted by Crippen LogP contribution is -2.04. The highest BCUT2D eigenvalue weighted by molar-refractivity contribution is 5.87. The topological polar surface area (TPSA) is 89.5 Å². The summed E-state index contributed by atoms with van der Waals surface area (Å²) in [5, 5.41) is 0. The van der Waals surface area contributed by atoms with Crippen LogP contribution in [0.2, 0.25) is 0 Å². The highest BCUT2D eigenvalue weighted by atomic mass is 16.5. The van der Waals surface area contributed by atoms with E-state index >= 15 is 0 Å². The summed E-state index contributed by atoms with van der Waals surface area (Å²) in [5.41, 5.74) is 1.59. The summed E-state index contributed by atoms with van der Waals surface area (Å²) < 4.78 is 31.6. The van der Waals surface area contributed by atoms with E-state index in [9.17, 15) is 9.59 Å². The second-order valence-corrected chi connectivity index (χ2v) is 6.94. The van der Waals surface area contributed by atoms with Crippen molar-refractivity contribution in [2.24, 2.45) is 0 Å². The Hall–Kier alpha value is -3.94. The number of hydrogen-bond donors (Lipinski definition) is 0. The van der Waals surface area contributed by atoms with E-state index in [1.54, 1.807) is 50.6 Å². The van der Waals surface area contributed by atoms with Crippen LogP contribution in [0.4, 0.5) is 0 Å². The van der Waals surface area contributed by atoms with Crippen molar-refractivity contribution in [3.8, 4) is 23.0 Å². The van der Waals surface area contributed by atoms with E-state index in [-0.39, 0.29) is 0 Å². The van der Waals surface area contributed by atoms with Crippen LogP contribution < -0.4 is 18.9 Å². The molecule has 2 aromatic rings. The molecule has 0 amide bonds. The van der Waals surface area contributed by atoms with E-state index in [4.69, 9.17) is 18.9 Å². The van der Waals surface area contributed by atoms with E-state index < -0.39 is 11.9 Å². The van der Waals surface area contributed by atoms with E-state index in [1.807, 2.05) is 12.1 Å². The molecule has 0 atom stereocenters. The number of unbranched alkanes of at least 4 members (excludes halogenated alkanes) is 1. The molecule has 8 nitrogen and oxygen atoms in total. The summed E-state index contributed by atoms with van der Waals surface area (Å²) >= 11 is 0. The Balaban J connectivity index is 1.81. The minimum Gasteiger partial charge on any atom is -0.493 e. The molecule has 0 radical (unpaired) electrons. The molecule has 34 heavy (non-hydrogen) atoms. The summed E-state index contributed by atoms with van der Waals surface area (Å²) in [4.78, 5) is 22.5. The lowest BCUT2D eigenvalue weighted by atomic mass is 10.2. The monoisotopic (exact) mass is 470 g/mol. The Morgan fingerprint density at radius 3 is 1.41 bits per heavy atom. The molecule has 0 bridgehead atoms. The standard InChI is InChI=1S/C26H30O8/c1-29-23-17-19(9-13-25(27)31-3)7-11-21(23)33-15-5-6-16-34-22-12-8-20(18-24(22)30-2)10-14-26(28)32-4/h7-14,17-18H,5-6,15-16H2,1-4H3/b13-9+,14-10+. The Labute approximate surface area is 199 Å². The normalized spacial score (nSPS) is 10.8. The Morgan fingerprint density at radius 1 is 0.647 bits per heavy atom. The van der Waals surface area contributed by atoms with Crippen LogP contribution in [0.5, 0.6) is 23.0 Å². The van der Waals surface area contributed by atoms with Crippen molar-refractivity contribution < 1.29 is 38.0 Å². The van der Waals surface area contributed by atoms with Gasteiger partial charge in [-0.05, 0) is 60.4 Å². The summed E-state index contributed by atoms with van der Waals surface area (Å²) in [5.74, 6) is 1.55. The number of esters is 2. The van der Waals surface area contributed by atoms with E-state index in [2.05, 4.69) is 9.47 Å². The van der Waals surface area contributed by atoms with Gasteiger partial charge >= 0.3 is 11.9 Å². The third-order valence-electron chi connectivity index (χ3n) is 4.66. The molecule has 2 aromatic carbocycles. The molecule has 8 heteroatoms. The van der Waals surface area contributed by atoms with Gasteiger partial charge in [-0.2, -0.15) is 0 Å². The number of carbonyl (C=O) groups is 2. The molecule has 0 aliphatic heterocycles. The molecule has 0 heterocycles. The zero-order chi connectivity index (χ0) is 24.8. The van der Waals surface area contributed by atoms with Crippen LogP contribution in [0, 0.1) is 0 Å². The van der Waals surface area contributed by atoms with E-state index in [1.165, 1.54) is 26.4 Å². The molecule has 0 aromatic heterocycles. The van der Waals surface area contributed by atoms with Gasteiger partial charge in [-0.15, -0.1) is 0 Å². The molecule has 0 unspecified atom stereocenters. The van der Waals surface area contributed by atoms with Gasteiger partial charge in [-0.1, -0.05) is 12.1 Å². The van der Waals surface area contributed by atoms with E-state index in [0.29, 0.717) is 36.2 Å². The maximum Gasteiger partial charge on any atom is 0.330 e. The zero-order valence-corrected chi connectivity index (χ0v) is 19.9. The van der Waals surface area contributed by atoms with Gasteiger partial charge < -0.3 is 28.4 Å². The predicted molar refractivity (Wildman–Crippen MR) is 128 cm³/mol. The Morgan fingerprint density at radius 2 is 1.06 bits per heavy atom. The summed E-state index contributed by atoms with van der Waals surface area (Å²) in [6.07, 6.45) is 7.52. The minimum atomic E-state index is -0.425. The highest BCUT2D eigenvalue weighted by Gasteiger charge is 2.07. The number of carbonyl (C=O) groups excluding carboxylic acids is 2. The lowest BCUT2D eigenvalue weighted by molar-refractivity contribution is -0.135. The molecule has 0 aliphatic rings. The first-order valence-electron chi connectivity index (χ1n) is 10.6.